The summed E-state index contributed by atoms with van der Waals surface area (Å²) in [5.41, 5.74) is 8.64. The van der Waals surface area contributed by atoms with Crippen LogP contribution in [0.5, 0.6) is 0 Å². The van der Waals surface area contributed by atoms with E-state index in [1.165, 1.54) is 62.5 Å². The smallest absolute Gasteiger partial charge is 0.00509 e. The van der Waals surface area contributed by atoms with Crippen LogP contribution in [-0.4, -0.2) is 6.04 Å². The van der Waals surface area contributed by atoms with Crippen LogP contribution >= 0.6 is 0 Å². The summed E-state index contributed by atoms with van der Waals surface area (Å²) in [5.74, 6) is 0. The van der Waals surface area contributed by atoms with Crippen LogP contribution in [0.1, 0.15) is 69.9 Å². The van der Waals surface area contributed by atoms with E-state index < -0.39 is 0 Å². The van der Waals surface area contributed by atoms with Gasteiger partial charge >= 0.3 is 0 Å². The van der Waals surface area contributed by atoms with Crippen LogP contribution in [0.4, 0.5) is 0 Å². The summed E-state index contributed by atoms with van der Waals surface area (Å²) < 4.78 is 0. The molecule has 0 saturated heterocycles. The zero-order chi connectivity index (χ0) is 13.9. The molecule has 1 aromatic carbocycles. The van der Waals surface area contributed by atoms with Crippen molar-refractivity contribution in [1.29, 1.82) is 0 Å². The lowest BCUT2D eigenvalue weighted by Gasteiger charge is -2.07. The van der Waals surface area contributed by atoms with Gasteiger partial charge in [0, 0.05) is 6.04 Å². The van der Waals surface area contributed by atoms with Crippen molar-refractivity contribution >= 4 is 0 Å². The van der Waals surface area contributed by atoms with Gasteiger partial charge in [0.1, 0.15) is 0 Å². The number of nitrogens with two attached hydrogens (primary N) is 1. The number of hydrogen-bond donors (Lipinski definition) is 1. The number of hydrogen-bond acceptors (Lipinski definition) is 1. The highest BCUT2D eigenvalue weighted by molar-refractivity contribution is 5.23. The zero-order valence-corrected chi connectivity index (χ0v) is 12.8. The third-order valence-corrected chi connectivity index (χ3v) is 3.65. The fraction of sp³-hybridized carbons (Fsp3) is 0.667. The molecule has 1 unspecified atom stereocenters. The Morgan fingerprint density at radius 3 is 1.95 bits per heavy atom. The van der Waals surface area contributed by atoms with Crippen molar-refractivity contribution in [3.05, 3.63) is 35.4 Å². The lowest BCUT2D eigenvalue weighted by atomic mass is 10.0. The maximum absolute atomic E-state index is 5.81. The summed E-state index contributed by atoms with van der Waals surface area (Å²) in [4.78, 5) is 0. The highest BCUT2D eigenvalue weighted by atomic mass is 14.6. The fourth-order valence-electron chi connectivity index (χ4n) is 2.50. The van der Waals surface area contributed by atoms with Gasteiger partial charge < -0.3 is 5.73 Å². The molecule has 1 nitrogen and oxygen atoms in total. The van der Waals surface area contributed by atoms with Crippen LogP contribution in [0, 0.1) is 0 Å². The zero-order valence-electron chi connectivity index (χ0n) is 12.8. The van der Waals surface area contributed by atoms with Gasteiger partial charge in [0.25, 0.3) is 0 Å². The Bertz CT molecular complexity index is 313. The summed E-state index contributed by atoms with van der Waals surface area (Å²) in [5, 5.41) is 0. The second-order valence-corrected chi connectivity index (χ2v) is 5.87. The van der Waals surface area contributed by atoms with Gasteiger partial charge in [0.2, 0.25) is 0 Å². The molecule has 108 valence electrons. The minimum atomic E-state index is 0.258. The minimum Gasteiger partial charge on any atom is -0.328 e. The van der Waals surface area contributed by atoms with E-state index in [2.05, 4.69) is 38.1 Å². The van der Waals surface area contributed by atoms with Gasteiger partial charge in [-0.2, -0.15) is 0 Å². The first-order valence-electron chi connectivity index (χ1n) is 8.05. The monoisotopic (exact) mass is 261 g/mol. The van der Waals surface area contributed by atoms with Crippen LogP contribution < -0.4 is 5.73 Å². The van der Waals surface area contributed by atoms with Crippen molar-refractivity contribution in [2.45, 2.75) is 77.7 Å². The molecule has 1 heteroatoms. The average Bonchev–Trinajstić information content (AvgIpc) is 2.39. The fourth-order valence-corrected chi connectivity index (χ4v) is 2.50. The second kappa shape index (κ2) is 10.0. The molecular formula is C18H31N. The predicted molar refractivity (Wildman–Crippen MR) is 85.5 cm³/mol. The van der Waals surface area contributed by atoms with Crippen molar-refractivity contribution in [2.75, 3.05) is 0 Å². The van der Waals surface area contributed by atoms with E-state index in [0.29, 0.717) is 0 Å². The summed E-state index contributed by atoms with van der Waals surface area (Å²) in [6.07, 6.45) is 11.9. The molecule has 0 aliphatic heterocycles. The Hall–Kier alpha value is -0.820. The van der Waals surface area contributed by atoms with E-state index in [9.17, 15) is 0 Å². The SMILES string of the molecule is CCCCCCCCCc1ccc(CC(C)N)cc1. The lowest BCUT2D eigenvalue weighted by Crippen LogP contribution is -2.17. The largest absolute Gasteiger partial charge is 0.328 e. The van der Waals surface area contributed by atoms with Crippen LogP contribution in [0.3, 0.4) is 0 Å². The molecule has 0 bridgehead atoms. The molecule has 1 atom stereocenters. The van der Waals surface area contributed by atoms with Gasteiger partial charge in [0.15, 0.2) is 0 Å². The number of unbranched alkanes of at least 4 members (excludes halogenated alkanes) is 6. The summed E-state index contributed by atoms with van der Waals surface area (Å²) in [6.45, 7) is 4.33. The van der Waals surface area contributed by atoms with Crippen LogP contribution in [0.15, 0.2) is 24.3 Å². The van der Waals surface area contributed by atoms with Gasteiger partial charge in [-0.05, 0) is 37.3 Å². The van der Waals surface area contributed by atoms with Crippen LogP contribution in [0.25, 0.3) is 0 Å². The molecule has 0 heterocycles. The van der Waals surface area contributed by atoms with E-state index in [1.807, 2.05) is 0 Å². The third-order valence-electron chi connectivity index (χ3n) is 3.65. The van der Waals surface area contributed by atoms with E-state index >= 15 is 0 Å². The molecule has 0 spiro atoms. The summed E-state index contributed by atoms with van der Waals surface area (Å²) in [7, 11) is 0. The Balaban J connectivity index is 2.12. The van der Waals surface area contributed by atoms with Gasteiger partial charge in [0.05, 0.1) is 0 Å². The molecule has 1 aromatic rings. The molecular weight excluding hydrogens is 230 g/mol. The maximum Gasteiger partial charge on any atom is 0.00509 e. The molecule has 1 rings (SSSR count). The Morgan fingerprint density at radius 2 is 1.37 bits per heavy atom. The molecule has 0 amide bonds. The highest BCUT2D eigenvalue weighted by Crippen LogP contribution is 2.12. The quantitative estimate of drug-likeness (QED) is 0.597. The maximum atomic E-state index is 5.81. The Labute approximate surface area is 119 Å². The van der Waals surface area contributed by atoms with Crippen molar-refractivity contribution in [3.63, 3.8) is 0 Å². The van der Waals surface area contributed by atoms with Gasteiger partial charge in [-0.3, -0.25) is 0 Å². The summed E-state index contributed by atoms with van der Waals surface area (Å²) in [6, 6.07) is 9.28. The molecule has 0 aromatic heterocycles. The van der Waals surface area contributed by atoms with E-state index in [4.69, 9.17) is 5.73 Å². The first-order chi connectivity index (χ1) is 9.22. The Morgan fingerprint density at radius 1 is 0.842 bits per heavy atom. The van der Waals surface area contributed by atoms with E-state index in [0.717, 1.165) is 6.42 Å². The normalized spacial score (nSPS) is 12.6. The standard InChI is InChI=1S/C18H31N/c1-3-4-5-6-7-8-9-10-17-11-13-18(14-12-17)15-16(2)19/h11-14,16H,3-10,15,19H2,1-2H3. The highest BCUT2D eigenvalue weighted by Gasteiger charge is 1.99. The molecule has 2 N–H and O–H groups in total. The van der Waals surface area contributed by atoms with Crippen molar-refractivity contribution in [2.24, 2.45) is 5.73 Å². The van der Waals surface area contributed by atoms with E-state index in [1.54, 1.807) is 0 Å². The number of aryl methyl sites for hydroxylation is 1. The van der Waals surface area contributed by atoms with Crippen molar-refractivity contribution in [1.82, 2.24) is 0 Å². The molecule has 0 saturated carbocycles. The first-order valence-corrected chi connectivity index (χ1v) is 8.05. The molecule has 0 fully saturated rings. The van der Waals surface area contributed by atoms with E-state index in [-0.39, 0.29) is 6.04 Å². The van der Waals surface area contributed by atoms with Gasteiger partial charge in [-0.15, -0.1) is 0 Å². The molecule has 0 radical (unpaired) electrons. The predicted octanol–water partition coefficient (Wildman–Crippen LogP) is 4.87. The lowest BCUT2D eigenvalue weighted by molar-refractivity contribution is 0.589. The first kappa shape index (κ1) is 16.2. The number of rotatable bonds is 10. The van der Waals surface area contributed by atoms with Crippen molar-refractivity contribution < 1.29 is 0 Å². The molecule has 0 aliphatic carbocycles. The molecule has 0 aliphatic rings. The second-order valence-electron chi connectivity index (χ2n) is 5.87. The summed E-state index contributed by atoms with van der Waals surface area (Å²) >= 11 is 0. The minimum absolute atomic E-state index is 0.258. The third kappa shape index (κ3) is 8.05. The van der Waals surface area contributed by atoms with Crippen molar-refractivity contribution in [3.8, 4) is 0 Å². The average molecular weight is 261 g/mol. The van der Waals surface area contributed by atoms with Gasteiger partial charge in [-0.25, -0.2) is 0 Å². The topological polar surface area (TPSA) is 26.0 Å². The number of benzene rings is 1. The van der Waals surface area contributed by atoms with Crippen LogP contribution in [0.2, 0.25) is 0 Å². The van der Waals surface area contributed by atoms with Gasteiger partial charge in [-0.1, -0.05) is 69.7 Å². The van der Waals surface area contributed by atoms with Crippen LogP contribution in [-0.2, 0) is 12.8 Å². The Kier molecular flexibility index (Phi) is 8.57. The molecule has 19 heavy (non-hydrogen) atoms.